The van der Waals surface area contributed by atoms with E-state index in [2.05, 4.69) is 9.72 Å². The van der Waals surface area contributed by atoms with E-state index in [9.17, 15) is 22.8 Å². The zero-order valence-corrected chi connectivity index (χ0v) is 20.1. The third-order valence-electron chi connectivity index (χ3n) is 6.07. The van der Waals surface area contributed by atoms with E-state index in [1.807, 2.05) is 0 Å². The summed E-state index contributed by atoms with van der Waals surface area (Å²) in [7, 11) is 1.25. The number of alkyl halides is 3. The lowest BCUT2D eigenvalue weighted by atomic mass is 9.87. The van der Waals surface area contributed by atoms with Crippen molar-refractivity contribution in [1.29, 1.82) is 0 Å². The maximum Gasteiger partial charge on any atom is 0.573 e. The van der Waals surface area contributed by atoms with Gasteiger partial charge in [0.05, 0.1) is 24.9 Å². The van der Waals surface area contributed by atoms with E-state index in [-0.39, 0.29) is 18.7 Å². The molecule has 4 rings (SSSR count). The summed E-state index contributed by atoms with van der Waals surface area (Å²) in [6, 6.07) is 3.10. The number of hydrogen-bond donors (Lipinski definition) is 0. The molecule has 35 heavy (non-hydrogen) atoms. The number of halogens is 3. The molecule has 1 aromatic carbocycles. The molecule has 2 aliphatic rings. The van der Waals surface area contributed by atoms with Gasteiger partial charge < -0.3 is 18.9 Å². The first-order valence-electron chi connectivity index (χ1n) is 11.2. The van der Waals surface area contributed by atoms with Gasteiger partial charge in [-0.15, -0.1) is 13.2 Å². The molecule has 1 amide bonds. The number of carbonyl (C=O) groups is 2. The first kappa shape index (κ1) is 24.9. The van der Waals surface area contributed by atoms with Crippen LogP contribution in [0.4, 0.5) is 18.0 Å². The molecule has 1 saturated heterocycles. The fourth-order valence-corrected chi connectivity index (χ4v) is 4.69. The Morgan fingerprint density at radius 1 is 1.23 bits per heavy atom. The number of esters is 1. The highest BCUT2D eigenvalue weighted by Gasteiger charge is 2.53. The summed E-state index contributed by atoms with van der Waals surface area (Å²) in [5.41, 5.74) is 0.119. The van der Waals surface area contributed by atoms with Gasteiger partial charge in [0, 0.05) is 17.4 Å². The standard InChI is InChI=1S/C24H27F3N2O6/c1-13-19-15(16-10-14(33-24(25,26)27)6-7-17(16)28-13)8-9-23(34-19)11-18(20(30)32-5)29(12-23)21(31)35-22(2,3)4/h6-7,10,18H,8-9,11-12H2,1-5H3. The molecule has 2 aliphatic heterocycles. The van der Waals surface area contributed by atoms with Crippen molar-refractivity contribution in [3.8, 4) is 11.5 Å². The third-order valence-corrected chi connectivity index (χ3v) is 6.07. The second kappa shape index (κ2) is 8.46. The van der Waals surface area contributed by atoms with Gasteiger partial charge in [-0.3, -0.25) is 4.90 Å². The smallest absolute Gasteiger partial charge is 0.483 e. The summed E-state index contributed by atoms with van der Waals surface area (Å²) in [4.78, 5) is 31.2. The quantitative estimate of drug-likeness (QED) is 0.558. The molecule has 2 unspecified atom stereocenters. The monoisotopic (exact) mass is 496 g/mol. The molecular weight excluding hydrogens is 469 g/mol. The SMILES string of the molecule is COC(=O)C1CC2(CCc3c(c(C)nc4ccc(OC(F)(F)F)cc34)O2)CN1C(=O)OC(C)(C)C. The maximum absolute atomic E-state index is 12.9. The van der Waals surface area contributed by atoms with Crippen LogP contribution in [0.1, 0.15) is 44.9 Å². The largest absolute Gasteiger partial charge is 0.573 e. The molecule has 0 bridgehead atoms. The molecule has 1 spiro atoms. The first-order chi connectivity index (χ1) is 16.2. The van der Waals surface area contributed by atoms with Crippen LogP contribution in [0, 0.1) is 6.92 Å². The van der Waals surface area contributed by atoms with Crippen LogP contribution in [-0.4, -0.2) is 59.2 Å². The van der Waals surface area contributed by atoms with E-state index < -0.39 is 35.7 Å². The second-order valence-electron chi connectivity index (χ2n) is 9.87. The van der Waals surface area contributed by atoms with Crippen LogP contribution in [0.25, 0.3) is 10.9 Å². The summed E-state index contributed by atoms with van der Waals surface area (Å²) < 4.78 is 59.1. The predicted octanol–water partition coefficient (Wildman–Crippen LogP) is 4.69. The summed E-state index contributed by atoms with van der Waals surface area (Å²) in [5, 5.41) is 0.494. The van der Waals surface area contributed by atoms with Crippen LogP contribution in [0.15, 0.2) is 18.2 Å². The van der Waals surface area contributed by atoms with Gasteiger partial charge in [0.2, 0.25) is 0 Å². The molecule has 1 aromatic heterocycles. The first-order valence-corrected chi connectivity index (χ1v) is 11.2. The lowest BCUT2D eigenvalue weighted by Gasteiger charge is -2.36. The summed E-state index contributed by atoms with van der Waals surface area (Å²) in [6.45, 7) is 7.03. The second-order valence-corrected chi connectivity index (χ2v) is 9.87. The van der Waals surface area contributed by atoms with Crippen molar-refractivity contribution in [3.05, 3.63) is 29.5 Å². The van der Waals surface area contributed by atoms with Crippen molar-refractivity contribution in [1.82, 2.24) is 9.88 Å². The molecular formula is C24H27F3N2O6. The molecule has 3 heterocycles. The number of carbonyl (C=O) groups excluding carboxylic acids is 2. The van der Waals surface area contributed by atoms with E-state index in [0.29, 0.717) is 40.8 Å². The number of fused-ring (bicyclic) bond motifs is 3. The van der Waals surface area contributed by atoms with Gasteiger partial charge in [0.1, 0.15) is 28.7 Å². The maximum atomic E-state index is 12.9. The minimum Gasteiger partial charge on any atom is -0.483 e. The van der Waals surface area contributed by atoms with Gasteiger partial charge in [0.25, 0.3) is 0 Å². The van der Waals surface area contributed by atoms with Crippen molar-refractivity contribution >= 4 is 23.0 Å². The van der Waals surface area contributed by atoms with E-state index in [1.165, 1.54) is 30.2 Å². The number of methoxy groups -OCH3 is 1. The van der Waals surface area contributed by atoms with Gasteiger partial charge in [-0.25, -0.2) is 14.6 Å². The Balaban J connectivity index is 1.69. The Hall–Kier alpha value is -3.24. The zero-order valence-electron chi connectivity index (χ0n) is 20.1. The Kier molecular flexibility index (Phi) is 6.01. The van der Waals surface area contributed by atoms with Crippen molar-refractivity contribution in [2.24, 2.45) is 0 Å². The Bertz CT molecular complexity index is 1180. The highest BCUT2D eigenvalue weighted by molar-refractivity contribution is 5.87. The molecule has 2 aromatic rings. The number of amides is 1. The van der Waals surface area contributed by atoms with Crippen LogP contribution < -0.4 is 9.47 Å². The topological polar surface area (TPSA) is 87.2 Å². The highest BCUT2D eigenvalue weighted by Crippen LogP contribution is 2.45. The van der Waals surface area contributed by atoms with Crippen molar-refractivity contribution in [3.63, 3.8) is 0 Å². The highest BCUT2D eigenvalue weighted by atomic mass is 19.4. The normalized spacial score (nSPS) is 22.1. The number of likely N-dealkylation sites (tertiary alicyclic amines) is 1. The lowest BCUT2D eigenvalue weighted by molar-refractivity contribution is -0.274. The van der Waals surface area contributed by atoms with Gasteiger partial charge >= 0.3 is 18.4 Å². The van der Waals surface area contributed by atoms with Crippen LogP contribution in [-0.2, 0) is 20.7 Å². The van der Waals surface area contributed by atoms with E-state index in [1.54, 1.807) is 27.7 Å². The fourth-order valence-electron chi connectivity index (χ4n) is 4.69. The molecule has 11 heteroatoms. The number of rotatable bonds is 2. The average molecular weight is 496 g/mol. The van der Waals surface area contributed by atoms with Gasteiger partial charge in [-0.1, -0.05) is 0 Å². The fraction of sp³-hybridized carbons (Fsp3) is 0.542. The number of benzene rings is 1. The number of ether oxygens (including phenoxy) is 4. The molecule has 0 aliphatic carbocycles. The predicted molar refractivity (Wildman–Crippen MR) is 118 cm³/mol. The molecule has 1 fully saturated rings. The molecule has 2 atom stereocenters. The molecule has 0 saturated carbocycles. The van der Waals surface area contributed by atoms with Crippen LogP contribution in [0.5, 0.6) is 11.5 Å². The Morgan fingerprint density at radius 3 is 2.57 bits per heavy atom. The van der Waals surface area contributed by atoms with E-state index in [0.717, 1.165) is 0 Å². The molecule has 8 nitrogen and oxygen atoms in total. The lowest BCUT2D eigenvalue weighted by Crippen LogP contribution is -2.46. The minimum atomic E-state index is -4.82. The molecule has 0 N–H and O–H groups in total. The Morgan fingerprint density at radius 2 is 1.94 bits per heavy atom. The number of aromatic nitrogens is 1. The van der Waals surface area contributed by atoms with Gasteiger partial charge in [-0.05, 0) is 58.7 Å². The van der Waals surface area contributed by atoms with Crippen molar-refractivity contribution < 1.29 is 41.7 Å². The summed E-state index contributed by atoms with van der Waals surface area (Å²) in [6.07, 6.45) is -4.41. The summed E-state index contributed by atoms with van der Waals surface area (Å²) in [5.74, 6) is -0.493. The van der Waals surface area contributed by atoms with Crippen LogP contribution >= 0.6 is 0 Å². The molecule has 0 radical (unpaired) electrons. The van der Waals surface area contributed by atoms with E-state index >= 15 is 0 Å². The van der Waals surface area contributed by atoms with Crippen LogP contribution in [0.2, 0.25) is 0 Å². The van der Waals surface area contributed by atoms with E-state index in [4.69, 9.17) is 14.2 Å². The Labute approximate surface area is 200 Å². The zero-order chi connectivity index (χ0) is 25.8. The van der Waals surface area contributed by atoms with Gasteiger partial charge in [0.15, 0.2) is 0 Å². The summed E-state index contributed by atoms with van der Waals surface area (Å²) >= 11 is 0. The number of aryl methyl sites for hydroxylation is 2. The van der Waals surface area contributed by atoms with Crippen LogP contribution in [0.3, 0.4) is 0 Å². The number of hydrogen-bond acceptors (Lipinski definition) is 7. The molecule has 190 valence electrons. The average Bonchev–Trinajstić information content (AvgIpc) is 3.11. The minimum absolute atomic E-state index is 0.0931. The third kappa shape index (κ3) is 5.08. The van der Waals surface area contributed by atoms with Crippen molar-refractivity contribution in [2.45, 2.75) is 70.6 Å². The number of pyridine rings is 1. The van der Waals surface area contributed by atoms with Gasteiger partial charge in [-0.2, -0.15) is 0 Å². The van der Waals surface area contributed by atoms with Crippen molar-refractivity contribution in [2.75, 3.05) is 13.7 Å². The number of nitrogens with zero attached hydrogens (tertiary/aromatic N) is 2.